The van der Waals surface area contributed by atoms with E-state index in [0.29, 0.717) is 23.8 Å². The fraction of sp³-hybridized carbons (Fsp3) is 0.394. The lowest BCUT2D eigenvalue weighted by atomic mass is 10.1. The number of sulfonamides is 1. The van der Waals surface area contributed by atoms with Crippen LogP contribution in [0.3, 0.4) is 0 Å². The molecule has 0 radical (unpaired) electrons. The Hall–Kier alpha value is -3.56. The molecular formula is C33H40ClN3O5S. The van der Waals surface area contributed by atoms with Gasteiger partial charge in [-0.3, -0.25) is 13.9 Å². The van der Waals surface area contributed by atoms with E-state index in [-0.39, 0.29) is 29.1 Å². The number of carbonyl (C=O) groups excluding carboxylic acids is 2. The number of nitrogens with one attached hydrogen (secondary N) is 1. The molecule has 0 aliphatic heterocycles. The van der Waals surface area contributed by atoms with E-state index in [1.807, 2.05) is 38.1 Å². The highest BCUT2D eigenvalue weighted by Gasteiger charge is 2.35. The number of nitrogens with zero attached hydrogens (tertiary/aromatic N) is 2. The summed E-state index contributed by atoms with van der Waals surface area (Å²) in [6, 6.07) is 19.6. The minimum absolute atomic E-state index is 0.0212. The van der Waals surface area contributed by atoms with Gasteiger partial charge in [0, 0.05) is 17.6 Å². The minimum atomic E-state index is -4.24. The molecule has 1 aliphatic rings. The van der Waals surface area contributed by atoms with Gasteiger partial charge in [-0.25, -0.2) is 8.42 Å². The molecule has 43 heavy (non-hydrogen) atoms. The van der Waals surface area contributed by atoms with Crippen LogP contribution in [-0.2, 0) is 26.2 Å². The average molecular weight is 626 g/mol. The fourth-order valence-electron chi connectivity index (χ4n) is 5.37. The third-order valence-corrected chi connectivity index (χ3v) is 9.70. The van der Waals surface area contributed by atoms with Gasteiger partial charge in [-0.15, -0.1) is 0 Å². The van der Waals surface area contributed by atoms with E-state index in [0.717, 1.165) is 41.1 Å². The molecule has 3 aromatic rings. The third-order valence-electron chi connectivity index (χ3n) is 7.68. The Balaban J connectivity index is 1.75. The number of hydrogen-bond donors (Lipinski definition) is 1. The lowest BCUT2D eigenvalue weighted by molar-refractivity contribution is -0.140. The summed E-state index contributed by atoms with van der Waals surface area (Å²) in [5, 5.41) is 3.52. The second-order valence-electron chi connectivity index (χ2n) is 10.8. The van der Waals surface area contributed by atoms with Crippen molar-refractivity contribution in [2.45, 2.75) is 76.4 Å². The van der Waals surface area contributed by atoms with Crippen molar-refractivity contribution >= 4 is 39.1 Å². The van der Waals surface area contributed by atoms with Crippen LogP contribution in [0, 0.1) is 6.92 Å². The first-order valence-electron chi connectivity index (χ1n) is 14.8. The highest BCUT2D eigenvalue weighted by Crippen LogP contribution is 2.33. The first kappa shape index (κ1) is 32.4. The Morgan fingerprint density at radius 1 is 0.977 bits per heavy atom. The van der Waals surface area contributed by atoms with Crippen molar-refractivity contribution in [2.75, 3.05) is 17.5 Å². The Kier molecular flexibility index (Phi) is 11.1. The summed E-state index contributed by atoms with van der Waals surface area (Å²) in [6.45, 7) is 5.56. The highest BCUT2D eigenvalue weighted by atomic mass is 35.5. The normalized spacial score (nSPS) is 14.2. The predicted molar refractivity (Wildman–Crippen MR) is 170 cm³/mol. The topological polar surface area (TPSA) is 96.0 Å². The van der Waals surface area contributed by atoms with Gasteiger partial charge in [0.2, 0.25) is 11.8 Å². The predicted octanol–water partition coefficient (Wildman–Crippen LogP) is 6.11. The van der Waals surface area contributed by atoms with E-state index in [4.69, 9.17) is 16.3 Å². The summed E-state index contributed by atoms with van der Waals surface area (Å²) in [5.74, 6) is -0.402. The van der Waals surface area contributed by atoms with Crippen molar-refractivity contribution in [3.05, 3.63) is 88.9 Å². The molecule has 0 bridgehead atoms. The van der Waals surface area contributed by atoms with Crippen LogP contribution < -0.4 is 14.4 Å². The van der Waals surface area contributed by atoms with Crippen molar-refractivity contribution in [2.24, 2.45) is 0 Å². The number of halogens is 1. The van der Waals surface area contributed by atoms with Crippen LogP contribution in [-0.4, -0.2) is 50.4 Å². The smallest absolute Gasteiger partial charge is 0.264 e. The largest absolute Gasteiger partial charge is 0.492 e. The summed E-state index contributed by atoms with van der Waals surface area (Å²) >= 11 is 6.05. The molecule has 1 unspecified atom stereocenters. The fourth-order valence-corrected chi connectivity index (χ4v) is 6.92. The Morgan fingerprint density at radius 3 is 2.26 bits per heavy atom. The number of carbonyl (C=O) groups is 2. The highest BCUT2D eigenvalue weighted by molar-refractivity contribution is 7.92. The van der Waals surface area contributed by atoms with Gasteiger partial charge in [-0.1, -0.05) is 73.3 Å². The zero-order chi connectivity index (χ0) is 31.0. The van der Waals surface area contributed by atoms with Crippen LogP contribution in [0.1, 0.15) is 57.1 Å². The molecule has 0 aromatic heterocycles. The Bertz CT molecular complexity index is 1490. The van der Waals surface area contributed by atoms with E-state index in [1.165, 1.54) is 29.2 Å². The monoisotopic (exact) mass is 625 g/mol. The molecule has 2 amide bonds. The first-order chi connectivity index (χ1) is 20.6. The molecule has 0 spiro atoms. The number of para-hydroxylation sites is 2. The second kappa shape index (κ2) is 14.8. The summed E-state index contributed by atoms with van der Waals surface area (Å²) in [5.41, 5.74) is 2.14. The van der Waals surface area contributed by atoms with Crippen molar-refractivity contribution in [3.8, 4) is 5.75 Å². The molecule has 1 atom stereocenters. The maximum Gasteiger partial charge on any atom is 0.264 e. The maximum atomic E-state index is 14.3. The molecule has 0 heterocycles. The zero-order valence-electron chi connectivity index (χ0n) is 25.0. The standard InChI is InChI=1S/C33H40ClN3O5S/c1-4-29(33(39)35-27-10-6-7-11-27)36(22-25-16-14-24(3)15-17-25)32(38)23-37(30-12-8-9-13-31(30)42-5-2)43(40,41)28-20-18-26(34)19-21-28/h8-9,12-21,27,29H,4-7,10-11,22-23H2,1-3H3,(H,35,39). The summed E-state index contributed by atoms with van der Waals surface area (Å²) in [7, 11) is -4.24. The van der Waals surface area contributed by atoms with Gasteiger partial charge < -0.3 is 15.0 Å². The molecule has 3 aromatic carbocycles. The van der Waals surface area contributed by atoms with Crippen molar-refractivity contribution in [1.82, 2.24) is 10.2 Å². The van der Waals surface area contributed by atoms with Crippen LogP contribution in [0.15, 0.2) is 77.7 Å². The van der Waals surface area contributed by atoms with Crippen LogP contribution in [0.4, 0.5) is 5.69 Å². The second-order valence-corrected chi connectivity index (χ2v) is 13.1. The van der Waals surface area contributed by atoms with Gasteiger partial charge in [-0.2, -0.15) is 0 Å². The number of benzene rings is 3. The van der Waals surface area contributed by atoms with E-state index < -0.39 is 28.5 Å². The summed E-state index contributed by atoms with van der Waals surface area (Å²) in [6.07, 6.45) is 4.31. The van der Waals surface area contributed by atoms with Crippen molar-refractivity contribution in [3.63, 3.8) is 0 Å². The van der Waals surface area contributed by atoms with Crippen molar-refractivity contribution < 1.29 is 22.7 Å². The van der Waals surface area contributed by atoms with Gasteiger partial charge >= 0.3 is 0 Å². The third kappa shape index (κ3) is 8.09. The quantitative estimate of drug-likeness (QED) is 0.247. The molecular weight excluding hydrogens is 586 g/mol. The molecule has 1 saturated carbocycles. The summed E-state index contributed by atoms with van der Waals surface area (Å²) < 4.78 is 35.1. The number of rotatable bonds is 13. The van der Waals surface area contributed by atoms with E-state index in [9.17, 15) is 18.0 Å². The van der Waals surface area contributed by atoms with Crippen LogP contribution >= 0.6 is 11.6 Å². The lowest BCUT2D eigenvalue weighted by Gasteiger charge is -2.34. The lowest BCUT2D eigenvalue weighted by Crippen LogP contribution is -2.53. The van der Waals surface area contributed by atoms with Crippen LogP contribution in [0.2, 0.25) is 5.02 Å². The molecule has 8 nitrogen and oxygen atoms in total. The number of anilines is 1. The van der Waals surface area contributed by atoms with Gasteiger partial charge in [0.25, 0.3) is 10.0 Å². The maximum absolute atomic E-state index is 14.3. The Morgan fingerprint density at radius 2 is 1.63 bits per heavy atom. The van der Waals surface area contributed by atoms with Gasteiger partial charge in [-0.05, 0) is 75.1 Å². The van der Waals surface area contributed by atoms with E-state index in [1.54, 1.807) is 31.2 Å². The zero-order valence-corrected chi connectivity index (χ0v) is 26.5. The first-order valence-corrected chi connectivity index (χ1v) is 16.6. The van der Waals surface area contributed by atoms with Gasteiger partial charge in [0.05, 0.1) is 17.2 Å². The van der Waals surface area contributed by atoms with Crippen LogP contribution in [0.5, 0.6) is 5.75 Å². The Labute approximate surface area is 260 Å². The molecule has 4 rings (SSSR count). The molecule has 1 N–H and O–H groups in total. The number of hydrogen-bond acceptors (Lipinski definition) is 5. The molecule has 10 heteroatoms. The van der Waals surface area contributed by atoms with E-state index in [2.05, 4.69) is 5.32 Å². The SMILES string of the molecule is CCOc1ccccc1N(CC(=O)N(Cc1ccc(C)cc1)C(CC)C(=O)NC1CCCC1)S(=O)(=O)c1ccc(Cl)cc1. The number of amides is 2. The minimum Gasteiger partial charge on any atom is -0.492 e. The molecule has 1 fully saturated rings. The van der Waals surface area contributed by atoms with Gasteiger partial charge in [0.15, 0.2) is 0 Å². The number of ether oxygens (including phenoxy) is 1. The molecule has 1 aliphatic carbocycles. The summed E-state index contributed by atoms with van der Waals surface area (Å²) in [4.78, 5) is 29.4. The van der Waals surface area contributed by atoms with Gasteiger partial charge in [0.1, 0.15) is 18.3 Å². The van der Waals surface area contributed by atoms with Crippen LogP contribution in [0.25, 0.3) is 0 Å². The molecule has 0 saturated heterocycles. The molecule has 230 valence electrons. The number of aryl methyl sites for hydroxylation is 1. The average Bonchev–Trinajstić information content (AvgIpc) is 3.50. The van der Waals surface area contributed by atoms with E-state index >= 15 is 0 Å². The van der Waals surface area contributed by atoms with Crippen molar-refractivity contribution in [1.29, 1.82) is 0 Å².